The molecule has 0 spiro atoms. The lowest BCUT2D eigenvalue weighted by Crippen LogP contribution is -2.15. The van der Waals surface area contributed by atoms with Crippen LogP contribution in [0.2, 0.25) is 0 Å². The first-order chi connectivity index (χ1) is 14.5. The van der Waals surface area contributed by atoms with E-state index in [1.165, 1.54) is 0 Å². The average molecular weight is 399 g/mol. The molecule has 0 aliphatic heterocycles. The van der Waals surface area contributed by atoms with Gasteiger partial charge in [-0.25, -0.2) is 9.97 Å². The van der Waals surface area contributed by atoms with Gasteiger partial charge in [-0.15, -0.1) is 0 Å². The lowest BCUT2D eigenvalue weighted by Gasteiger charge is -2.10. The molecule has 0 bridgehead atoms. The third-order valence-corrected chi connectivity index (χ3v) is 5.59. The van der Waals surface area contributed by atoms with Gasteiger partial charge in [0.15, 0.2) is 0 Å². The summed E-state index contributed by atoms with van der Waals surface area (Å²) in [5.74, 6) is 1.04. The number of nitrogens with zero attached hydrogens (tertiary/aromatic N) is 5. The van der Waals surface area contributed by atoms with E-state index < -0.39 is 0 Å². The van der Waals surface area contributed by atoms with Crippen LogP contribution < -0.4 is 11.1 Å². The van der Waals surface area contributed by atoms with Crippen molar-refractivity contribution >= 4 is 28.3 Å². The molecule has 2 unspecified atom stereocenters. The summed E-state index contributed by atoms with van der Waals surface area (Å²) in [6, 6.07) is 5.72. The SMILES string of the molecule is Cc1ccncc1-c1cc2cc(NC(=O)C3CC3c3cnn(C)c3)ncc2c(N)n1. The molecule has 1 saturated carbocycles. The highest BCUT2D eigenvalue weighted by molar-refractivity contribution is 5.98. The number of rotatable bonds is 4. The molecule has 5 rings (SSSR count). The van der Waals surface area contributed by atoms with Gasteiger partial charge in [0.05, 0.1) is 11.9 Å². The van der Waals surface area contributed by atoms with Crippen LogP contribution in [-0.4, -0.2) is 30.6 Å². The lowest BCUT2D eigenvalue weighted by molar-refractivity contribution is -0.117. The number of nitrogen functional groups attached to an aromatic ring is 1. The van der Waals surface area contributed by atoms with Gasteiger partial charge in [0.25, 0.3) is 0 Å². The lowest BCUT2D eigenvalue weighted by atomic mass is 10.1. The Morgan fingerprint density at radius 1 is 1.27 bits per heavy atom. The molecule has 1 fully saturated rings. The molecule has 8 heteroatoms. The number of aromatic nitrogens is 5. The van der Waals surface area contributed by atoms with Crippen LogP contribution in [0.3, 0.4) is 0 Å². The van der Waals surface area contributed by atoms with E-state index in [4.69, 9.17) is 5.73 Å². The van der Waals surface area contributed by atoms with Crippen molar-refractivity contribution in [1.82, 2.24) is 24.7 Å². The van der Waals surface area contributed by atoms with Gasteiger partial charge in [0, 0.05) is 48.7 Å². The van der Waals surface area contributed by atoms with Gasteiger partial charge in [-0.05, 0) is 54.0 Å². The first kappa shape index (κ1) is 18.2. The smallest absolute Gasteiger partial charge is 0.229 e. The van der Waals surface area contributed by atoms with E-state index in [9.17, 15) is 4.79 Å². The molecule has 0 radical (unpaired) electrons. The highest BCUT2D eigenvalue weighted by Crippen LogP contribution is 2.47. The van der Waals surface area contributed by atoms with E-state index in [1.807, 2.05) is 44.6 Å². The van der Waals surface area contributed by atoms with Crippen molar-refractivity contribution in [2.45, 2.75) is 19.3 Å². The van der Waals surface area contributed by atoms with Crippen molar-refractivity contribution in [2.24, 2.45) is 13.0 Å². The third-order valence-electron chi connectivity index (χ3n) is 5.59. The van der Waals surface area contributed by atoms with Crippen molar-refractivity contribution in [3.63, 3.8) is 0 Å². The number of fused-ring (bicyclic) bond motifs is 1. The number of hydrogen-bond donors (Lipinski definition) is 2. The summed E-state index contributed by atoms with van der Waals surface area (Å²) in [6.07, 6.45) is 9.79. The molecule has 1 amide bonds. The molecule has 8 nitrogen and oxygen atoms in total. The highest BCUT2D eigenvalue weighted by Gasteiger charge is 2.44. The normalized spacial score (nSPS) is 17.8. The van der Waals surface area contributed by atoms with E-state index in [0.29, 0.717) is 11.6 Å². The number of anilines is 2. The Labute approximate surface area is 173 Å². The van der Waals surface area contributed by atoms with Crippen LogP contribution in [0.1, 0.15) is 23.5 Å². The number of amides is 1. The van der Waals surface area contributed by atoms with Crippen molar-refractivity contribution in [3.05, 3.63) is 60.3 Å². The molecule has 4 aromatic rings. The number of pyridine rings is 3. The van der Waals surface area contributed by atoms with Crippen molar-refractivity contribution in [2.75, 3.05) is 11.1 Å². The highest BCUT2D eigenvalue weighted by atomic mass is 16.2. The third kappa shape index (κ3) is 3.26. The zero-order valence-electron chi connectivity index (χ0n) is 16.7. The number of nitrogens with two attached hydrogens (primary N) is 1. The molecule has 0 saturated heterocycles. The Balaban J connectivity index is 1.40. The summed E-state index contributed by atoms with van der Waals surface area (Å²) in [6.45, 7) is 2.01. The first-order valence-corrected chi connectivity index (χ1v) is 9.76. The zero-order chi connectivity index (χ0) is 20.8. The minimum absolute atomic E-state index is 0.0268. The Morgan fingerprint density at radius 2 is 2.13 bits per heavy atom. The Hall–Kier alpha value is -3.81. The second-order valence-electron chi connectivity index (χ2n) is 7.76. The fraction of sp³-hybridized carbons (Fsp3) is 0.227. The molecule has 30 heavy (non-hydrogen) atoms. The summed E-state index contributed by atoms with van der Waals surface area (Å²) in [4.78, 5) is 25.7. The number of carbonyl (C=O) groups excluding carboxylic acids is 1. The molecular formula is C22H21N7O. The van der Waals surface area contributed by atoms with E-state index in [1.54, 1.807) is 23.3 Å². The number of carbonyl (C=O) groups is 1. The van der Waals surface area contributed by atoms with Crippen LogP contribution in [-0.2, 0) is 11.8 Å². The van der Waals surface area contributed by atoms with Crippen molar-refractivity contribution in [3.8, 4) is 11.3 Å². The largest absolute Gasteiger partial charge is 0.383 e. The van der Waals surface area contributed by atoms with E-state index in [0.717, 1.165) is 39.6 Å². The fourth-order valence-corrected chi connectivity index (χ4v) is 3.82. The second kappa shape index (κ2) is 6.91. The molecule has 2 atom stereocenters. The van der Waals surface area contributed by atoms with E-state index in [-0.39, 0.29) is 17.7 Å². The second-order valence-corrected chi connectivity index (χ2v) is 7.76. The van der Waals surface area contributed by atoms with Crippen LogP contribution >= 0.6 is 0 Å². The summed E-state index contributed by atoms with van der Waals surface area (Å²) in [5, 5.41) is 8.74. The van der Waals surface area contributed by atoms with Gasteiger partial charge in [0.2, 0.25) is 5.91 Å². The van der Waals surface area contributed by atoms with Crippen LogP contribution in [0.15, 0.2) is 49.2 Å². The van der Waals surface area contributed by atoms with Crippen molar-refractivity contribution < 1.29 is 4.79 Å². The summed E-state index contributed by atoms with van der Waals surface area (Å²) < 4.78 is 1.76. The van der Waals surface area contributed by atoms with Crippen LogP contribution in [0.4, 0.5) is 11.6 Å². The minimum Gasteiger partial charge on any atom is -0.383 e. The molecule has 0 aromatic carbocycles. The van der Waals surface area contributed by atoms with Gasteiger partial charge < -0.3 is 11.1 Å². The molecule has 1 aliphatic carbocycles. The van der Waals surface area contributed by atoms with Crippen LogP contribution in [0.25, 0.3) is 22.0 Å². The summed E-state index contributed by atoms with van der Waals surface area (Å²) in [5.41, 5.74) is 10.00. The van der Waals surface area contributed by atoms with E-state index >= 15 is 0 Å². The monoisotopic (exact) mass is 399 g/mol. The number of aryl methyl sites for hydroxylation is 2. The first-order valence-electron chi connectivity index (χ1n) is 9.76. The Morgan fingerprint density at radius 3 is 2.90 bits per heavy atom. The summed E-state index contributed by atoms with van der Waals surface area (Å²) >= 11 is 0. The van der Waals surface area contributed by atoms with Gasteiger partial charge in [-0.1, -0.05) is 0 Å². The molecule has 3 N–H and O–H groups in total. The Kier molecular flexibility index (Phi) is 4.20. The van der Waals surface area contributed by atoms with Gasteiger partial charge in [0.1, 0.15) is 11.6 Å². The molecule has 4 heterocycles. The standard InChI is InChI=1S/C22H21N7O/c1-12-3-4-24-9-17(12)19-5-13-6-20(25-10-18(13)21(23)27-19)28-22(30)16-7-15(16)14-8-26-29(2)11-14/h3-6,8-11,15-16H,7H2,1-2H3,(H2,23,27)(H,25,28,30). The molecule has 4 aromatic heterocycles. The minimum atomic E-state index is -0.0530. The maximum Gasteiger partial charge on any atom is 0.229 e. The average Bonchev–Trinajstić information content (AvgIpc) is 3.42. The molecule has 1 aliphatic rings. The zero-order valence-corrected chi connectivity index (χ0v) is 16.7. The maximum absolute atomic E-state index is 12.7. The van der Waals surface area contributed by atoms with Gasteiger partial charge in [-0.3, -0.25) is 14.5 Å². The van der Waals surface area contributed by atoms with Crippen molar-refractivity contribution in [1.29, 1.82) is 0 Å². The predicted molar refractivity (Wildman–Crippen MR) is 115 cm³/mol. The van der Waals surface area contributed by atoms with Crippen LogP contribution in [0.5, 0.6) is 0 Å². The molecular weight excluding hydrogens is 378 g/mol. The summed E-state index contributed by atoms with van der Waals surface area (Å²) in [7, 11) is 1.88. The maximum atomic E-state index is 12.7. The Bertz CT molecular complexity index is 1280. The quantitative estimate of drug-likeness (QED) is 0.545. The van der Waals surface area contributed by atoms with Gasteiger partial charge in [-0.2, -0.15) is 5.10 Å². The van der Waals surface area contributed by atoms with Crippen LogP contribution in [0, 0.1) is 12.8 Å². The predicted octanol–water partition coefficient (Wildman–Crippen LogP) is 3.06. The number of hydrogen-bond acceptors (Lipinski definition) is 6. The number of nitrogens with one attached hydrogen (secondary N) is 1. The van der Waals surface area contributed by atoms with Gasteiger partial charge >= 0.3 is 0 Å². The molecule has 150 valence electrons. The van der Waals surface area contributed by atoms with E-state index in [2.05, 4.69) is 25.4 Å². The fourth-order valence-electron chi connectivity index (χ4n) is 3.82. The topological polar surface area (TPSA) is 112 Å².